The molecule has 2 aromatic carbocycles. The molecule has 0 saturated carbocycles. The molecule has 0 saturated heterocycles. The average Bonchev–Trinajstić information content (AvgIpc) is 2.93. The third-order valence-electron chi connectivity index (χ3n) is 3.29. The van der Waals surface area contributed by atoms with Crippen molar-refractivity contribution in [2.24, 2.45) is 0 Å². The number of rotatable bonds is 3. The first-order chi connectivity index (χ1) is 10.2. The monoisotopic (exact) mass is 280 g/mol. The summed E-state index contributed by atoms with van der Waals surface area (Å²) in [5, 5.41) is 4.44. The molecular formula is C17H13FN2O. The van der Waals surface area contributed by atoms with Crippen molar-refractivity contribution in [1.82, 2.24) is 9.78 Å². The number of hydrogen-bond acceptors (Lipinski definition) is 2. The Labute approximate surface area is 121 Å². The van der Waals surface area contributed by atoms with Crippen LogP contribution in [-0.2, 0) is 0 Å². The van der Waals surface area contributed by atoms with Crippen LogP contribution in [0.15, 0.2) is 54.7 Å². The lowest BCUT2D eigenvalue weighted by molar-refractivity contribution is 0.112. The second-order valence-electron chi connectivity index (χ2n) is 4.84. The van der Waals surface area contributed by atoms with Gasteiger partial charge in [-0.2, -0.15) is 5.10 Å². The topological polar surface area (TPSA) is 34.9 Å². The molecule has 4 heteroatoms. The van der Waals surface area contributed by atoms with Crippen LogP contribution in [-0.4, -0.2) is 16.1 Å². The van der Waals surface area contributed by atoms with Crippen LogP contribution in [0.25, 0.3) is 16.9 Å². The molecule has 1 aromatic heterocycles. The van der Waals surface area contributed by atoms with Gasteiger partial charge < -0.3 is 0 Å². The highest BCUT2D eigenvalue weighted by molar-refractivity contribution is 5.85. The van der Waals surface area contributed by atoms with Gasteiger partial charge in [-0.3, -0.25) is 4.79 Å². The van der Waals surface area contributed by atoms with Gasteiger partial charge in [0.05, 0.1) is 11.3 Å². The fraction of sp³-hybridized carbons (Fsp3) is 0.0588. The molecule has 104 valence electrons. The summed E-state index contributed by atoms with van der Waals surface area (Å²) in [4.78, 5) is 11.2. The SMILES string of the molecule is Cc1ccc(-n2cc(C=O)c(-c3ccc(F)cc3)n2)cc1. The second kappa shape index (κ2) is 5.32. The van der Waals surface area contributed by atoms with Crippen LogP contribution >= 0.6 is 0 Å². The van der Waals surface area contributed by atoms with Crippen molar-refractivity contribution in [2.45, 2.75) is 6.92 Å². The molecule has 0 aliphatic heterocycles. The minimum atomic E-state index is -0.315. The highest BCUT2D eigenvalue weighted by Crippen LogP contribution is 2.23. The first-order valence-corrected chi connectivity index (χ1v) is 6.55. The summed E-state index contributed by atoms with van der Waals surface area (Å²) in [5.74, 6) is -0.315. The van der Waals surface area contributed by atoms with Crippen LogP contribution in [0.5, 0.6) is 0 Å². The van der Waals surface area contributed by atoms with Gasteiger partial charge in [-0.05, 0) is 43.3 Å². The van der Waals surface area contributed by atoms with E-state index in [4.69, 9.17) is 0 Å². The number of carbonyl (C=O) groups is 1. The van der Waals surface area contributed by atoms with Crippen LogP contribution in [0, 0.1) is 12.7 Å². The highest BCUT2D eigenvalue weighted by atomic mass is 19.1. The minimum Gasteiger partial charge on any atom is -0.298 e. The van der Waals surface area contributed by atoms with Crippen molar-refractivity contribution in [3.8, 4) is 16.9 Å². The lowest BCUT2D eigenvalue weighted by Crippen LogP contribution is -1.94. The van der Waals surface area contributed by atoms with E-state index in [2.05, 4.69) is 5.10 Å². The zero-order valence-electron chi connectivity index (χ0n) is 11.5. The summed E-state index contributed by atoms with van der Waals surface area (Å²) in [7, 11) is 0. The molecule has 21 heavy (non-hydrogen) atoms. The zero-order chi connectivity index (χ0) is 14.8. The maximum atomic E-state index is 13.0. The number of benzene rings is 2. The molecule has 0 aliphatic rings. The van der Waals surface area contributed by atoms with Gasteiger partial charge in [0.2, 0.25) is 0 Å². The summed E-state index contributed by atoms with van der Waals surface area (Å²) in [5.41, 5.74) is 3.76. The van der Waals surface area contributed by atoms with E-state index < -0.39 is 0 Å². The Balaban J connectivity index is 2.08. The van der Waals surface area contributed by atoms with Crippen molar-refractivity contribution in [3.63, 3.8) is 0 Å². The largest absolute Gasteiger partial charge is 0.298 e. The lowest BCUT2D eigenvalue weighted by atomic mass is 10.1. The fourth-order valence-electron chi connectivity index (χ4n) is 2.14. The van der Waals surface area contributed by atoms with Crippen molar-refractivity contribution < 1.29 is 9.18 Å². The molecule has 3 aromatic rings. The van der Waals surface area contributed by atoms with Gasteiger partial charge >= 0.3 is 0 Å². The first kappa shape index (κ1) is 13.2. The van der Waals surface area contributed by atoms with E-state index >= 15 is 0 Å². The van der Waals surface area contributed by atoms with E-state index in [1.165, 1.54) is 12.1 Å². The van der Waals surface area contributed by atoms with E-state index in [0.29, 0.717) is 16.8 Å². The molecule has 3 nitrogen and oxygen atoms in total. The molecule has 0 N–H and O–H groups in total. The molecule has 1 heterocycles. The number of aldehydes is 1. The van der Waals surface area contributed by atoms with Gasteiger partial charge in [0.15, 0.2) is 6.29 Å². The van der Waals surface area contributed by atoms with Gasteiger partial charge in [-0.1, -0.05) is 17.7 Å². The standard InChI is InChI=1S/C17H13FN2O/c1-12-2-8-16(9-3-12)20-10-14(11-21)17(19-20)13-4-6-15(18)7-5-13/h2-11H,1H3. The van der Waals surface area contributed by atoms with Crippen LogP contribution in [0.3, 0.4) is 0 Å². The number of hydrogen-bond donors (Lipinski definition) is 0. The third-order valence-corrected chi connectivity index (χ3v) is 3.29. The predicted molar refractivity (Wildman–Crippen MR) is 79.1 cm³/mol. The predicted octanol–water partition coefficient (Wildman–Crippen LogP) is 3.80. The third kappa shape index (κ3) is 2.60. The van der Waals surface area contributed by atoms with Crippen molar-refractivity contribution in [1.29, 1.82) is 0 Å². The van der Waals surface area contributed by atoms with Crippen LogP contribution in [0.2, 0.25) is 0 Å². The summed E-state index contributed by atoms with van der Waals surface area (Å²) < 4.78 is 14.7. The van der Waals surface area contributed by atoms with Gasteiger partial charge in [-0.15, -0.1) is 0 Å². The van der Waals surface area contributed by atoms with Gasteiger partial charge in [0, 0.05) is 11.8 Å². The second-order valence-corrected chi connectivity index (χ2v) is 4.84. The molecule has 0 amide bonds. The Bertz CT molecular complexity index is 774. The fourth-order valence-corrected chi connectivity index (χ4v) is 2.14. The zero-order valence-corrected chi connectivity index (χ0v) is 11.5. The number of halogens is 1. The first-order valence-electron chi connectivity index (χ1n) is 6.55. The van der Waals surface area contributed by atoms with Crippen molar-refractivity contribution in [3.05, 3.63) is 71.7 Å². The van der Waals surface area contributed by atoms with Crippen molar-refractivity contribution in [2.75, 3.05) is 0 Å². The Morgan fingerprint density at radius 2 is 1.71 bits per heavy atom. The van der Waals surface area contributed by atoms with Crippen LogP contribution in [0.4, 0.5) is 4.39 Å². The Hall–Kier alpha value is -2.75. The highest BCUT2D eigenvalue weighted by Gasteiger charge is 2.11. The molecule has 0 spiro atoms. The summed E-state index contributed by atoms with van der Waals surface area (Å²) in [6, 6.07) is 13.8. The Morgan fingerprint density at radius 1 is 1.05 bits per heavy atom. The lowest BCUT2D eigenvalue weighted by Gasteiger charge is -2.01. The van der Waals surface area contributed by atoms with E-state index in [1.54, 1.807) is 23.0 Å². The molecule has 0 fully saturated rings. The maximum Gasteiger partial charge on any atom is 0.153 e. The Kier molecular flexibility index (Phi) is 3.36. The van der Waals surface area contributed by atoms with Gasteiger partial charge in [0.1, 0.15) is 11.5 Å². The molecule has 0 atom stereocenters. The van der Waals surface area contributed by atoms with E-state index in [-0.39, 0.29) is 5.82 Å². The molecule has 3 rings (SSSR count). The molecule has 0 unspecified atom stereocenters. The number of aromatic nitrogens is 2. The number of aryl methyl sites for hydroxylation is 1. The maximum absolute atomic E-state index is 13.0. The number of carbonyl (C=O) groups excluding carboxylic acids is 1. The number of nitrogens with zero attached hydrogens (tertiary/aromatic N) is 2. The van der Waals surface area contributed by atoms with Gasteiger partial charge in [0.25, 0.3) is 0 Å². The summed E-state index contributed by atoms with van der Waals surface area (Å²) in [6.07, 6.45) is 2.44. The minimum absolute atomic E-state index is 0.315. The molecule has 0 bridgehead atoms. The molecular weight excluding hydrogens is 267 g/mol. The van der Waals surface area contributed by atoms with E-state index in [9.17, 15) is 9.18 Å². The Morgan fingerprint density at radius 3 is 2.33 bits per heavy atom. The smallest absolute Gasteiger partial charge is 0.153 e. The van der Waals surface area contributed by atoms with Crippen LogP contribution < -0.4 is 0 Å². The summed E-state index contributed by atoms with van der Waals surface area (Å²) >= 11 is 0. The van der Waals surface area contributed by atoms with E-state index in [1.807, 2.05) is 31.2 Å². The van der Waals surface area contributed by atoms with E-state index in [0.717, 1.165) is 17.5 Å². The average molecular weight is 280 g/mol. The normalized spacial score (nSPS) is 10.6. The summed E-state index contributed by atoms with van der Waals surface area (Å²) in [6.45, 7) is 2.01. The molecule has 0 aliphatic carbocycles. The van der Waals surface area contributed by atoms with Crippen molar-refractivity contribution >= 4 is 6.29 Å². The van der Waals surface area contributed by atoms with Crippen LogP contribution in [0.1, 0.15) is 15.9 Å². The molecule has 0 radical (unpaired) electrons. The van der Waals surface area contributed by atoms with Gasteiger partial charge in [-0.25, -0.2) is 9.07 Å². The quantitative estimate of drug-likeness (QED) is 0.684.